The van der Waals surface area contributed by atoms with E-state index in [1.165, 1.54) is 24.8 Å². The van der Waals surface area contributed by atoms with E-state index in [9.17, 15) is 9.59 Å². The summed E-state index contributed by atoms with van der Waals surface area (Å²) in [6.45, 7) is 5.89. The molecule has 6 atom stereocenters. The largest absolute Gasteiger partial charge is 0.343 e. The van der Waals surface area contributed by atoms with E-state index in [0.29, 0.717) is 12.0 Å². The second kappa shape index (κ2) is 8.21. The molecule has 3 aliphatic heterocycles. The van der Waals surface area contributed by atoms with E-state index < -0.39 is 0 Å². The van der Waals surface area contributed by atoms with Gasteiger partial charge in [0.05, 0.1) is 6.04 Å². The van der Waals surface area contributed by atoms with Crippen molar-refractivity contribution in [1.82, 2.24) is 20.4 Å². The molecule has 2 N–H and O–H groups in total. The summed E-state index contributed by atoms with van der Waals surface area (Å²) in [4.78, 5) is 31.0. The number of hydrogen-bond acceptors (Lipinski definition) is 4. The lowest BCUT2D eigenvalue weighted by atomic mass is 9.57. The first-order valence-electron chi connectivity index (χ1n) is 12.1. The maximum Gasteiger partial charge on any atom is 0.245 e. The number of likely N-dealkylation sites (N-methyl/N-ethyl adjacent to an activating group) is 1. The SMILES string of the molecule is CN[C@@H](C)C(=O)N[C@@H]1C(=O)N2CC3(CCCCC13)[C@H]1CN(CCc3ccccc3)C[C@H]12. The van der Waals surface area contributed by atoms with Crippen molar-refractivity contribution in [3.63, 3.8) is 0 Å². The van der Waals surface area contributed by atoms with Gasteiger partial charge in [-0.3, -0.25) is 9.59 Å². The van der Waals surface area contributed by atoms with Crippen molar-refractivity contribution in [1.29, 1.82) is 0 Å². The van der Waals surface area contributed by atoms with E-state index in [1.807, 2.05) is 6.92 Å². The number of carbonyl (C=O) groups is 2. The highest BCUT2D eigenvalue weighted by atomic mass is 16.2. The number of likely N-dealkylation sites (tertiary alicyclic amines) is 1. The van der Waals surface area contributed by atoms with Crippen LogP contribution in [0.2, 0.25) is 0 Å². The summed E-state index contributed by atoms with van der Waals surface area (Å²) in [5.41, 5.74) is 1.56. The van der Waals surface area contributed by atoms with Gasteiger partial charge in [0.1, 0.15) is 6.04 Å². The molecule has 2 bridgehead atoms. The van der Waals surface area contributed by atoms with Crippen LogP contribution in [-0.2, 0) is 16.0 Å². The molecule has 1 aromatic carbocycles. The quantitative estimate of drug-likeness (QED) is 0.729. The Hall–Kier alpha value is -1.92. The molecule has 168 valence electrons. The van der Waals surface area contributed by atoms with Crippen molar-refractivity contribution in [2.75, 3.05) is 33.2 Å². The van der Waals surface area contributed by atoms with E-state index in [0.717, 1.165) is 39.0 Å². The summed E-state index contributed by atoms with van der Waals surface area (Å²) < 4.78 is 0. The van der Waals surface area contributed by atoms with Crippen LogP contribution in [0.15, 0.2) is 30.3 Å². The highest BCUT2D eigenvalue weighted by molar-refractivity contribution is 5.91. The fraction of sp³-hybridized carbons (Fsp3) is 0.680. The van der Waals surface area contributed by atoms with Gasteiger partial charge in [-0.1, -0.05) is 43.2 Å². The molecule has 1 saturated carbocycles. The van der Waals surface area contributed by atoms with E-state index in [4.69, 9.17) is 0 Å². The first kappa shape index (κ1) is 21.0. The van der Waals surface area contributed by atoms with Crippen molar-refractivity contribution >= 4 is 11.8 Å². The molecule has 1 spiro atoms. The minimum Gasteiger partial charge on any atom is -0.343 e. The normalized spacial score (nSPS) is 35.5. The zero-order valence-corrected chi connectivity index (χ0v) is 18.8. The lowest BCUT2D eigenvalue weighted by Crippen LogP contribution is -2.63. The summed E-state index contributed by atoms with van der Waals surface area (Å²) in [6.07, 6.45) is 5.74. The standard InChI is InChI=1S/C25H36N4O2/c1-17(26-2)23(30)27-22-19-10-6-7-12-25(19)16-29(24(22)31)21-15-28(14-20(21)25)13-11-18-8-4-3-5-9-18/h3-5,8-9,17,19-22,26H,6-7,10-16H2,1-2H3,(H,27,30)/t17-,19?,20-,21+,22-,25?/m0/s1. The fourth-order valence-corrected chi connectivity index (χ4v) is 7.02. The highest BCUT2D eigenvalue weighted by Crippen LogP contribution is 2.59. The van der Waals surface area contributed by atoms with Crippen LogP contribution >= 0.6 is 0 Å². The van der Waals surface area contributed by atoms with Crippen LogP contribution in [0.1, 0.15) is 38.2 Å². The highest BCUT2D eigenvalue weighted by Gasteiger charge is 2.66. The van der Waals surface area contributed by atoms with Gasteiger partial charge in [0.2, 0.25) is 11.8 Å². The maximum atomic E-state index is 13.6. The van der Waals surface area contributed by atoms with Crippen LogP contribution in [0.4, 0.5) is 0 Å². The average molecular weight is 425 g/mol. The third-order valence-corrected chi connectivity index (χ3v) is 8.75. The second-order valence-corrected chi connectivity index (χ2v) is 10.2. The van der Waals surface area contributed by atoms with Gasteiger partial charge >= 0.3 is 0 Å². The fourth-order valence-electron chi connectivity index (χ4n) is 7.02. The lowest BCUT2D eigenvalue weighted by molar-refractivity contribution is -0.146. The third kappa shape index (κ3) is 3.48. The van der Waals surface area contributed by atoms with Crippen molar-refractivity contribution in [3.05, 3.63) is 35.9 Å². The molecule has 4 aliphatic rings. The number of amides is 2. The second-order valence-electron chi connectivity index (χ2n) is 10.2. The van der Waals surface area contributed by atoms with Gasteiger partial charge in [-0.25, -0.2) is 0 Å². The van der Waals surface area contributed by atoms with Crippen LogP contribution in [0.3, 0.4) is 0 Å². The molecule has 1 aromatic rings. The number of fused-ring (bicyclic) bond motifs is 3. The molecule has 3 saturated heterocycles. The average Bonchev–Trinajstić information content (AvgIpc) is 3.33. The topological polar surface area (TPSA) is 64.7 Å². The minimum atomic E-state index is -0.347. The summed E-state index contributed by atoms with van der Waals surface area (Å²) in [6, 6.07) is 10.4. The predicted octanol–water partition coefficient (Wildman–Crippen LogP) is 1.65. The van der Waals surface area contributed by atoms with Gasteiger partial charge in [-0.15, -0.1) is 0 Å². The van der Waals surface area contributed by atoms with Crippen LogP contribution < -0.4 is 10.6 Å². The monoisotopic (exact) mass is 424 g/mol. The Labute approximate surface area is 185 Å². The molecule has 1 aliphatic carbocycles. The van der Waals surface area contributed by atoms with Gasteiger partial charge in [-0.2, -0.15) is 0 Å². The first-order valence-corrected chi connectivity index (χ1v) is 12.1. The van der Waals surface area contributed by atoms with Crippen LogP contribution in [0.25, 0.3) is 0 Å². The van der Waals surface area contributed by atoms with Gasteiger partial charge in [0, 0.05) is 38.1 Å². The number of rotatable bonds is 6. The number of carbonyl (C=O) groups excluding carboxylic acids is 2. The zero-order chi connectivity index (χ0) is 21.6. The third-order valence-electron chi connectivity index (χ3n) is 8.75. The number of benzene rings is 1. The van der Waals surface area contributed by atoms with E-state index in [-0.39, 0.29) is 35.2 Å². The van der Waals surface area contributed by atoms with E-state index in [2.05, 4.69) is 50.8 Å². The molecule has 31 heavy (non-hydrogen) atoms. The summed E-state index contributed by atoms with van der Waals surface area (Å²) in [5.74, 6) is 0.929. The lowest BCUT2D eigenvalue weighted by Gasteiger charge is -2.51. The molecule has 0 aromatic heterocycles. The Morgan fingerprint density at radius 3 is 2.77 bits per heavy atom. The van der Waals surface area contributed by atoms with Gasteiger partial charge in [0.25, 0.3) is 0 Å². The van der Waals surface area contributed by atoms with Crippen molar-refractivity contribution in [2.24, 2.45) is 17.3 Å². The molecular weight excluding hydrogens is 388 g/mol. The van der Waals surface area contributed by atoms with Crippen LogP contribution in [0.5, 0.6) is 0 Å². The Balaban J connectivity index is 1.34. The first-order chi connectivity index (χ1) is 15.0. The molecule has 5 rings (SSSR count). The number of hydrogen-bond donors (Lipinski definition) is 2. The van der Waals surface area contributed by atoms with Crippen molar-refractivity contribution in [2.45, 2.75) is 57.2 Å². The van der Waals surface area contributed by atoms with Crippen molar-refractivity contribution < 1.29 is 9.59 Å². The Morgan fingerprint density at radius 2 is 2.00 bits per heavy atom. The van der Waals surface area contributed by atoms with Crippen LogP contribution in [0, 0.1) is 17.3 Å². The number of nitrogens with zero attached hydrogens (tertiary/aromatic N) is 2. The molecule has 3 heterocycles. The Bertz CT molecular complexity index is 830. The molecule has 2 amide bonds. The van der Waals surface area contributed by atoms with E-state index in [1.54, 1.807) is 7.05 Å². The Morgan fingerprint density at radius 1 is 1.19 bits per heavy atom. The van der Waals surface area contributed by atoms with Gasteiger partial charge in [0.15, 0.2) is 0 Å². The number of nitrogens with one attached hydrogen (secondary N) is 2. The number of piperidine rings is 1. The van der Waals surface area contributed by atoms with Gasteiger partial charge in [-0.05, 0) is 50.1 Å². The summed E-state index contributed by atoms with van der Waals surface area (Å²) in [5, 5.41) is 6.16. The van der Waals surface area contributed by atoms with Crippen LogP contribution in [-0.4, -0.2) is 73.0 Å². The van der Waals surface area contributed by atoms with E-state index >= 15 is 0 Å². The molecule has 6 nitrogen and oxygen atoms in total. The van der Waals surface area contributed by atoms with Gasteiger partial charge < -0.3 is 20.4 Å². The molecule has 2 unspecified atom stereocenters. The minimum absolute atomic E-state index is 0.0567. The molecular formula is C25H36N4O2. The molecule has 0 radical (unpaired) electrons. The summed E-state index contributed by atoms with van der Waals surface area (Å²) in [7, 11) is 1.79. The maximum absolute atomic E-state index is 13.6. The van der Waals surface area contributed by atoms with Crippen molar-refractivity contribution in [3.8, 4) is 0 Å². The summed E-state index contributed by atoms with van der Waals surface area (Å²) >= 11 is 0. The Kier molecular flexibility index (Phi) is 5.55. The molecule has 4 fully saturated rings. The predicted molar refractivity (Wildman–Crippen MR) is 120 cm³/mol. The zero-order valence-electron chi connectivity index (χ0n) is 18.8. The molecule has 6 heteroatoms. The smallest absolute Gasteiger partial charge is 0.245 e.